The maximum Gasteiger partial charge on any atom is 0.410 e. The summed E-state index contributed by atoms with van der Waals surface area (Å²) >= 11 is 0. The highest BCUT2D eigenvalue weighted by Crippen LogP contribution is 2.32. The van der Waals surface area contributed by atoms with Gasteiger partial charge in [-0.2, -0.15) is 0 Å². The summed E-state index contributed by atoms with van der Waals surface area (Å²) in [5.74, 6) is 0.555. The average molecular weight is 620 g/mol. The van der Waals surface area contributed by atoms with Crippen LogP contribution in [0, 0.1) is 0 Å². The predicted octanol–water partition coefficient (Wildman–Crippen LogP) is 4.58. The summed E-state index contributed by atoms with van der Waals surface area (Å²) in [6.45, 7) is 9.93. The van der Waals surface area contributed by atoms with Crippen molar-refractivity contribution in [3.63, 3.8) is 0 Å². The number of pyridine rings is 1. The lowest BCUT2D eigenvalue weighted by Gasteiger charge is -2.34. The van der Waals surface area contributed by atoms with Gasteiger partial charge in [0.25, 0.3) is 5.91 Å². The van der Waals surface area contributed by atoms with Crippen LogP contribution in [0.4, 0.5) is 10.7 Å². The molecule has 2 aromatic heterocycles. The van der Waals surface area contributed by atoms with Crippen LogP contribution in [0.5, 0.6) is 5.88 Å². The van der Waals surface area contributed by atoms with Crippen molar-refractivity contribution < 1.29 is 23.9 Å². The minimum Gasteiger partial charge on any atom is -0.476 e. The Hall–Kier alpha value is -4.19. The number of aromatic nitrogens is 3. The van der Waals surface area contributed by atoms with Crippen molar-refractivity contribution in [3.8, 4) is 5.88 Å². The van der Waals surface area contributed by atoms with Crippen LogP contribution in [0.1, 0.15) is 69.3 Å². The van der Waals surface area contributed by atoms with Crippen molar-refractivity contribution in [2.75, 3.05) is 58.2 Å². The second-order valence-corrected chi connectivity index (χ2v) is 12.8. The van der Waals surface area contributed by atoms with Gasteiger partial charge in [0, 0.05) is 44.4 Å². The fourth-order valence-electron chi connectivity index (χ4n) is 5.82. The summed E-state index contributed by atoms with van der Waals surface area (Å²) in [4.78, 5) is 53.4. The number of imidazole rings is 1. The van der Waals surface area contributed by atoms with Gasteiger partial charge in [-0.25, -0.2) is 14.8 Å². The van der Waals surface area contributed by atoms with E-state index in [9.17, 15) is 14.4 Å². The summed E-state index contributed by atoms with van der Waals surface area (Å²) in [5.41, 5.74) is 1.36. The van der Waals surface area contributed by atoms with Crippen LogP contribution in [-0.2, 0) is 9.53 Å². The lowest BCUT2D eigenvalue weighted by atomic mass is 10.0. The molecule has 0 saturated carbocycles. The molecule has 12 nitrogen and oxygen atoms in total. The van der Waals surface area contributed by atoms with Crippen LogP contribution < -0.4 is 10.1 Å². The predicted molar refractivity (Wildman–Crippen MR) is 171 cm³/mol. The van der Waals surface area contributed by atoms with Crippen molar-refractivity contribution >= 4 is 34.9 Å². The molecule has 0 unspecified atom stereocenters. The van der Waals surface area contributed by atoms with E-state index in [0.717, 1.165) is 25.2 Å². The van der Waals surface area contributed by atoms with Crippen molar-refractivity contribution in [1.29, 1.82) is 0 Å². The smallest absolute Gasteiger partial charge is 0.410 e. The van der Waals surface area contributed by atoms with Gasteiger partial charge in [-0.15, -0.1) is 0 Å². The van der Waals surface area contributed by atoms with Gasteiger partial charge < -0.3 is 23.8 Å². The molecule has 2 aliphatic rings. The van der Waals surface area contributed by atoms with Crippen molar-refractivity contribution in [1.82, 2.24) is 29.2 Å². The van der Waals surface area contributed by atoms with E-state index < -0.39 is 11.7 Å². The van der Waals surface area contributed by atoms with E-state index in [2.05, 4.69) is 15.2 Å². The molecular formula is C33H45N7O5. The molecule has 12 heteroatoms. The first-order valence-electron chi connectivity index (χ1n) is 15.9. The molecule has 1 aromatic carbocycles. The van der Waals surface area contributed by atoms with Crippen LogP contribution in [0.2, 0.25) is 0 Å². The first kappa shape index (κ1) is 32.2. The highest BCUT2D eigenvalue weighted by atomic mass is 16.6. The van der Waals surface area contributed by atoms with E-state index in [1.165, 1.54) is 24.2 Å². The molecule has 0 radical (unpaired) electrons. The SMILES string of the molecule is CN(CC(=O)N1CCC(n2c(NC(=O)c3ccccc3)nc3cnc(OCCN4CCCCC4)cc32)CC1)C(=O)OC(C)(C)C. The minimum atomic E-state index is -0.637. The number of ether oxygens (including phenoxy) is 2. The molecule has 3 amide bonds. The summed E-state index contributed by atoms with van der Waals surface area (Å²) in [6, 6.07) is 10.9. The molecule has 3 aromatic rings. The van der Waals surface area contributed by atoms with E-state index in [4.69, 9.17) is 14.5 Å². The number of carbonyl (C=O) groups is 3. The number of hydrogen-bond donors (Lipinski definition) is 1. The molecule has 2 fully saturated rings. The summed E-state index contributed by atoms with van der Waals surface area (Å²) < 4.78 is 13.5. The molecule has 1 N–H and O–H groups in total. The van der Waals surface area contributed by atoms with Crippen molar-refractivity contribution in [2.45, 2.75) is 64.5 Å². The maximum atomic E-state index is 13.2. The molecule has 0 bridgehead atoms. The van der Waals surface area contributed by atoms with Gasteiger partial charge in [0.1, 0.15) is 24.3 Å². The van der Waals surface area contributed by atoms with Gasteiger partial charge in [0.2, 0.25) is 17.7 Å². The van der Waals surface area contributed by atoms with Gasteiger partial charge in [-0.1, -0.05) is 24.6 Å². The lowest BCUT2D eigenvalue weighted by Crippen LogP contribution is -2.45. The van der Waals surface area contributed by atoms with E-state index in [0.29, 0.717) is 55.4 Å². The number of hydrogen-bond acceptors (Lipinski definition) is 8. The molecule has 5 rings (SSSR count). The van der Waals surface area contributed by atoms with Gasteiger partial charge in [0.15, 0.2) is 0 Å². The zero-order valence-corrected chi connectivity index (χ0v) is 26.8. The zero-order chi connectivity index (χ0) is 32.0. The molecule has 2 saturated heterocycles. The number of anilines is 1. The van der Waals surface area contributed by atoms with Crippen molar-refractivity contribution in [2.24, 2.45) is 0 Å². The number of nitrogens with zero attached hydrogens (tertiary/aromatic N) is 6. The molecule has 0 aliphatic carbocycles. The summed E-state index contributed by atoms with van der Waals surface area (Å²) in [6.07, 6.45) is 6.20. The highest BCUT2D eigenvalue weighted by molar-refractivity contribution is 6.04. The third-order valence-electron chi connectivity index (χ3n) is 8.18. The second-order valence-electron chi connectivity index (χ2n) is 12.8. The zero-order valence-electron chi connectivity index (χ0n) is 26.8. The topological polar surface area (TPSA) is 122 Å². The molecule has 45 heavy (non-hydrogen) atoms. The van der Waals surface area contributed by atoms with Crippen molar-refractivity contribution in [3.05, 3.63) is 48.2 Å². The largest absolute Gasteiger partial charge is 0.476 e. The van der Waals surface area contributed by atoms with E-state index >= 15 is 0 Å². The van der Waals surface area contributed by atoms with E-state index in [1.807, 2.05) is 28.8 Å². The summed E-state index contributed by atoms with van der Waals surface area (Å²) in [5, 5.41) is 3.01. The van der Waals surface area contributed by atoms with E-state index in [-0.39, 0.29) is 24.4 Å². The normalized spacial score (nSPS) is 16.4. The summed E-state index contributed by atoms with van der Waals surface area (Å²) in [7, 11) is 1.57. The lowest BCUT2D eigenvalue weighted by molar-refractivity contribution is -0.133. The quantitative estimate of drug-likeness (QED) is 0.370. The maximum absolute atomic E-state index is 13.2. The first-order chi connectivity index (χ1) is 21.6. The number of carbonyl (C=O) groups excluding carboxylic acids is 3. The fourth-order valence-corrected chi connectivity index (χ4v) is 5.82. The molecule has 2 aliphatic heterocycles. The number of rotatable bonds is 9. The Labute approximate surface area is 264 Å². The second kappa shape index (κ2) is 14.3. The first-order valence-corrected chi connectivity index (χ1v) is 15.9. The van der Waals surface area contributed by atoms with Crippen LogP contribution in [0.25, 0.3) is 11.0 Å². The fraction of sp³-hybridized carbons (Fsp3) is 0.545. The van der Waals surface area contributed by atoms with Gasteiger partial charge in [-0.3, -0.25) is 19.8 Å². The molecule has 242 valence electrons. The molecule has 0 atom stereocenters. The average Bonchev–Trinajstić information content (AvgIpc) is 3.38. The van der Waals surface area contributed by atoms with Gasteiger partial charge in [0.05, 0.1) is 11.7 Å². The number of benzene rings is 1. The Bertz CT molecular complexity index is 1470. The minimum absolute atomic E-state index is 0.0303. The van der Waals surface area contributed by atoms with Crippen LogP contribution in [0.15, 0.2) is 42.6 Å². The number of nitrogens with one attached hydrogen (secondary N) is 1. The number of fused-ring (bicyclic) bond motifs is 1. The Morgan fingerprint density at radius 1 is 1.02 bits per heavy atom. The number of amides is 3. The molecular weight excluding hydrogens is 574 g/mol. The number of piperidine rings is 2. The van der Waals surface area contributed by atoms with Crippen LogP contribution in [-0.4, -0.2) is 106 Å². The van der Waals surface area contributed by atoms with E-state index in [1.54, 1.807) is 51.0 Å². The third kappa shape index (κ3) is 8.50. The molecule has 0 spiro atoms. The Balaban J connectivity index is 1.30. The highest BCUT2D eigenvalue weighted by Gasteiger charge is 2.30. The Morgan fingerprint density at radius 3 is 2.42 bits per heavy atom. The molecule has 4 heterocycles. The Morgan fingerprint density at radius 2 is 1.73 bits per heavy atom. The number of likely N-dealkylation sites (tertiary alicyclic amines) is 2. The standard InChI is InChI=1S/C33H45N7O5/c1-33(2,3)45-32(43)37(4)23-29(41)39-17-13-25(14-18-39)40-27-21-28(44-20-19-38-15-9-6-10-16-38)34-22-26(27)35-31(40)36-30(42)24-11-7-5-8-12-24/h5,7-8,11-12,21-22,25H,6,9-10,13-20,23H2,1-4H3,(H,35,36,42). The monoisotopic (exact) mass is 619 g/mol. The van der Waals surface area contributed by atoms with Gasteiger partial charge >= 0.3 is 6.09 Å². The van der Waals surface area contributed by atoms with Gasteiger partial charge in [-0.05, 0) is 71.7 Å². The van der Waals surface area contributed by atoms with Crippen LogP contribution in [0.3, 0.4) is 0 Å². The Kier molecular flexibility index (Phi) is 10.2. The third-order valence-corrected chi connectivity index (χ3v) is 8.18. The number of likely N-dealkylation sites (N-methyl/N-ethyl adjacent to an activating group) is 1. The van der Waals surface area contributed by atoms with Crippen LogP contribution >= 0.6 is 0 Å².